The van der Waals surface area contributed by atoms with Crippen LogP contribution in [0.1, 0.15) is 18.5 Å². The molecule has 23 heavy (non-hydrogen) atoms. The Hall–Kier alpha value is -1.83. The van der Waals surface area contributed by atoms with Crippen LogP contribution >= 0.6 is 0 Å². The van der Waals surface area contributed by atoms with Crippen LogP contribution in [0.5, 0.6) is 0 Å². The summed E-state index contributed by atoms with van der Waals surface area (Å²) in [5, 5.41) is 0. The van der Waals surface area contributed by atoms with Crippen LogP contribution in [0, 0.1) is 6.92 Å². The minimum absolute atomic E-state index is 0.0793. The molecule has 0 aliphatic carbocycles. The maximum absolute atomic E-state index is 13.2. The van der Waals surface area contributed by atoms with E-state index in [1.54, 1.807) is 12.4 Å². The van der Waals surface area contributed by atoms with Gasteiger partial charge in [0.2, 0.25) is 0 Å². The third-order valence-corrected chi connectivity index (χ3v) is 4.21. The Kier molecular flexibility index (Phi) is 4.43. The fourth-order valence-corrected chi connectivity index (χ4v) is 2.87. The molecule has 2 aliphatic heterocycles. The maximum atomic E-state index is 13.2. The molecule has 1 atom stereocenters. The summed E-state index contributed by atoms with van der Waals surface area (Å²) in [6.07, 6.45) is 2.12. The van der Waals surface area contributed by atoms with E-state index in [2.05, 4.69) is 9.97 Å². The molecule has 1 amide bonds. The number of halogens is 2. The molecule has 0 bridgehead atoms. The van der Waals surface area contributed by atoms with E-state index in [-0.39, 0.29) is 31.8 Å². The van der Waals surface area contributed by atoms with Gasteiger partial charge in [0.25, 0.3) is 11.8 Å². The molecule has 3 heterocycles. The zero-order valence-electron chi connectivity index (χ0n) is 13.0. The first-order chi connectivity index (χ1) is 10.9. The molecule has 8 heteroatoms. The van der Waals surface area contributed by atoms with Crippen molar-refractivity contribution in [1.82, 2.24) is 14.9 Å². The average Bonchev–Trinajstić information content (AvgIpc) is 2.54. The number of amides is 1. The Morgan fingerprint density at radius 2 is 2.04 bits per heavy atom. The van der Waals surface area contributed by atoms with Gasteiger partial charge in [-0.25, -0.2) is 13.8 Å². The number of aryl methyl sites for hydroxylation is 1. The number of hydrogen-bond acceptors (Lipinski definition) is 5. The van der Waals surface area contributed by atoms with Gasteiger partial charge in [0.05, 0.1) is 25.0 Å². The number of ether oxygens (including phenoxy) is 1. The van der Waals surface area contributed by atoms with Crippen molar-refractivity contribution >= 4 is 11.7 Å². The number of alkyl halides is 2. The lowest BCUT2D eigenvalue weighted by Gasteiger charge is -2.37. The highest BCUT2D eigenvalue weighted by Crippen LogP contribution is 2.28. The van der Waals surface area contributed by atoms with Crippen LogP contribution in [-0.4, -0.2) is 65.6 Å². The second kappa shape index (κ2) is 6.35. The van der Waals surface area contributed by atoms with Crippen molar-refractivity contribution in [2.75, 3.05) is 37.7 Å². The van der Waals surface area contributed by atoms with Crippen molar-refractivity contribution < 1.29 is 18.3 Å². The number of likely N-dealkylation sites (tertiary alicyclic amines) is 1. The largest absolute Gasteiger partial charge is 0.365 e. The fourth-order valence-electron chi connectivity index (χ4n) is 2.87. The van der Waals surface area contributed by atoms with Gasteiger partial charge in [-0.3, -0.25) is 9.78 Å². The average molecular weight is 326 g/mol. The monoisotopic (exact) mass is 326 g/mol. The number of nitrogens with zero attached hydrogens (tertiary/aromatic N) is 4. The highest BCUT2D eigenvalue weighted by atomic mass is 19.3. The first kappa shape index (κ1) is 16.0. The SMILES string of the molecule is Cc1cncc(N2CCOC(C(=O)N3CCC(F)(F)CC3)C2)n1. The zero-order chi connectivity index (χ0) is 16.4. The number of morpholine rings is 1. The van der Waals surface area contributed by atoms with Gasteiger partial charge in [-0.15, -0.1) is 0 Å². The van der Waals surface area contributed by atoms with Crippen molar-refractivity contribution in [2.24, 2.45) is 0 Å². The number of hydrogen-bond donors (Lipinski definition) is 0. The first-order valence-electron chi connectivity index (χ1n) is 7.76. The third-order valence-electron chi connectivity index (χ3n) is 4.21. The quantitative estimate of drug-likeness (QED) is 0.819. The van der Waals surface area contributed by atoms with E-state index in [0.717, 1.165) is 5.69 Å². The van der Waals surface area contributed by atoms with Crippen molar-refractivity contribution in [3.8, 4) is 0 Å². The van der Waals surface area contributed by atoms with Gasteiger partial charge in [0.1, 0.15) is 5.82 Å². The first-order valence-corrected chi connectivity index (χ1v) is 7.76. The van der Waals surface area contributed by atoms with Gasteiger partial charge >= 0.3 is 0 Å². The van der Waals surface area contributed by atoms with Crippen LogP contribution in [0.25, 0.3) is 0 Å². The molecule has 2 fully saturated rings. The number of carbonyl (C=O) groups excluding carboxylic acids is 1. The second-order valence-corrected chi connectivity index (χ2v) is 6.01. The van der Waals surface area contributed by atoms with Crippen LogP contribution in [-0.2, 0) is 9.53 Å². The highest BCUT2D eigenvalue weighted by Gasteiger charge is 2.38. The highest BCUT2D eigenvalue weighted by molar-refractivity contribution is 5.82. The number of carbonyl (C=O) groups is 1. The van der Waals surface area contributed by atoms with Crippen molar-refractivity contribution in [2.45, 2.75) is 31.8 Å². The molecule has 1 unspecified atom stereocenters. The summed E-state index contributed by atoms with van der Waals surface area (Å²) in [7, 11) is 0. The molecule has 0 radical (unpaired) electrons. The minimum Gasteiger partial charge on any atom is -0.365 e. The summed E-state index contributed by atoms with van der Waals surface area (Å²) in [5.41, 5.74) is 0.801. The van der Waals surface area contributed by atoms with E-state index in [0.29, 0.717) is 25.5 Å². The summed E-state index contributed by atoms with van der Waals surface area (Å²) in [6, 6.07) is 0. The number of piperidine rings is 1. The second-order valence-electron chi connectivity index (χ2n) is 6.01. The van der Waals surface area contributed by atoms with Crippen LogP contribution < -0.4 is 4.90 Å². The normalized spacial score (nSPS) is 24.6. The summed E-state index contributed by atoms with van der Waals surface area (Å²) >= 11 is 0. The van der Waals surface area contributed by atoms with Crippen LogP contribution in [0.3, 0.4) is 0 Å². The van der Waals surface area contributed by atoms with E-state index in [9.17, 15) is 13.6 Å². The van der Waals surface area contributed by atoms with Gasteiger partial charge in [0, 0.05) is 38.7 Å². The lowest BCUT2D eigenvalue weighted by atomic mass is 10.1. The van der Waals surface area contributed by atoms with E-state index < -0.39 is 12.0 Å². The van der Waals surface area contributed by atoms with Crippen molar-refractivity contribution in [3.63, 3.8) is 0 Å². The molecule has 1 aromatic heterocycles. The van der Waals surface area contributed by atoms with Crippen LogP contribution in [0.15, 0.2) is 12.4 Å². The number of anilines is 1. The third kappa shape index (κ3) is 3.74. The Bertz CT molecular complexity index is 574. The molecule has 0 saturated carbocycles. The summed E-state index contributed by atoms with van der Waals surface area (Å²) in [5.74, 6) is -2.17. The zero-order valence-corrected chi connectivity index (χ0v) is 13.0. The molecular formula is C15H20F2N4O2. The van der Waals surface area contributed by atoms with Gasteiger partial charge in [-0.2, -0.15) is 0 Å². The molecule has 0 N–H and O–H groups in total. The maximum Gasteiger partial charge on any atom is 0.253 e. The molecule has 6 nitrogen and oxygen atoms in total. The molecular weight excluding hydrogens is 306 g/mol. The van der Waals surface area contributed by atoms with Gasteiger partial charge in [-0.1, -0.05) is 0 Å². The van der Waals surface area contributed by atoms with Gasteiger partial charge in [0.15, 0.2) is 6.10 Å². The van der Waals surface area contributed by atoms with Crippen LogP contribution in [0.4, 0.5) is 14.6 Å². The molecule has 2 aliphatic rings. The predicted molar refractivity (Wildman–Crippen MR) is 79.5 cm³/mol. The summed E-state index contributed by atoms with van der Waals surface area (Å²) in [6.45, 7) is 3.40. The van der Waals surface area contributed by atoms with Crippen LogP contribution in [0.2, 0.25) is 0 Å². The minimum atomic E-state index is -2.66. The molecule has 126 valence electrons. The van der Waals surface area contributed by atoms with Gasteiger partial charge < -0.3 is 14.5 Å². The smallest absolute Gasteiger partial charge is 0.253 e. The topological polar surface area (TPSA) is 58.6 Å². The molecule has 0 aromatic carbocycles. The molecule has 1 aromatic rings. The lowest BCUT2D eigenvalue weighted by molar-refractivity contribution is -0.150. The van der Waals surface area contributed by atoms with E-state index in [4.69, 9.17) is 4.74 Å². The Morgan fingerprint density at radius 1 is 1.30 bits per heavy atom. The Morgan fingerprint density at radius 3 is 2.74 bits per heavy atom. The van der Waals surface area contributed by atoms with E-state index in [1.165, 1.54) is 4.90 Å². The standard InChI is InChI=1S/C15H20F2N4O2/c1-11-8-18-9-13(19-11)21-6-7-23-12(10-21)14(22)20-4-2-15(16,17)3-5-20/h8-9,12H,2-7,10H2,1H3. The number of rotatable bonds is 2. The molecule has 0 spiro atoms. The van der Waals surface area contributed by atoms with E-state index in [1.807, 2.05) is 11.8 Å². The van der Waals surface area contributed by atoms with Crippen molar-refractivity contribution in [3.05, 3.63) is 18.1 Å². The molecule has 2 saturated heterocycles. The lowest BCUT2D eigenvalue weighted by Crippen LogP contribution is -2.53. The fraction of sp³-hybridized carbons (Fsp3) is 0.667. The predicted octanol–water partition coefficient (Wildman–Crippen LogP) is 1.25. The Balaban J connectivity index is 1.63. The molecule has 3 rings (SSSR count). The number of aromatic nitrogens is 2. The Labute approximate surface area is 133 Å². The summed E-state index contributed by atoms with van der Waals surface area (Å²) in [4.78, 5) is 24.4. The summed E-state index contributed by atoms with van der Waals surface area (Å²) < 4.78 is 32.0. The van der Waals surface area contributed by atoms with E-state index >= 15 is 0 Å². The van der Waals surface area contributed by atoms with Gasteiger partial charge in [-0.05, 0) is 6.92 Å². The van der Waals surface area contributed by atoms with Crippen molar-refractivity contribution in [1.29, 1.82) is 0 Å².